The Kier molecular flexibility index (Phi) is 3.72. The van der Waals surface area contributed by atoms with Gasteiger partial charge in [-0.3, -0.25) is 9.59 Å². The van der Waals surface area contributed by atoms with Gasteiger partial charge in [-0.2, -0.15) is 0 Å². The van der Waals surface area contributed by atoms with Crippen molar-refractivity contribution in [2.75, 3.05) is 7.11 Å². The van der Waals surface area contributed by atoms with Crippen LogP contribution in [0.5, 0.6) is 0 Å². The molecule has 5 heteroatoms. The third kappa shape index (κ3) is 2.56. The molecule has 1 aromatic heterocycles. The molecular formula is C13H14N2O3. The van der Waals surface area contributed by atoms with E-state index in [-0.39, 0.29) is 11.5 Å². The summed E-state index contributed by atoms with van der Waals surface area (Å²) in [6, 6.07) is 7.44. The van der Waals surface area contributed by atoms with Crippen molar-refractivity contribution in [3.05, 3.63) is 40.8 Å². The Bertz CT molecular complexity index is 619. The minimum Gasteiger partial charge on any atom is -0.469 e. The fraction of sp³-hybridized carbons (Fsp3) is 0.308. The molecule has 0 atom stereocenters. The number of fused-ring (bicyclic) bond motifs is 1. The molecule has 0 saturated carbocycles. The Hall–Kier alpha value is -2.17. The van der Waals surface area contributed by atoms with E-state index in [1.165, 1.54) is 13.3 Å². The van der Waals surface area contributed by atoms with Crippen molar-refractivity contribution in [3.63, 3.8) is 0 Å². The summed E-state index contributed by atoms with van der Waals surface area (Å²) >= 11 is 0. The fourth-order valence-electron chi connectivity index (χ4n) is 1.83. The first kappa shape index (κ1) is 12.3. The lowest BCUT2D eigenvalue weighted by atomic mass is 10.2. The van der Waals surface area contributed by atoms with Gasteiger partial charge in [-0.1, -0.05) is 12.1 Å². The Morgan fingerprint density at radius 2 is 2.17 bits per heavy atom. The van der Waals surface area contributed by atoms with Crippen LogP contribution in [0.4, 0.5) is 0 Å². The van der Waals surface area contributed by atoms with Crippen LogP contribution < -0.4 is 5.56 Å². The molecule has 2 rings (SSSR count). The first-order valence-electron chi connectivity index (χ1n) is 5.74. The maximum atomic E-state index is 11.8. The first-order valence-corrected chi connectivity index (χ1v) is 5.74. The number of nitrogens with zero attached hydrogens (tertiary/aromatic N) is 2. The van der Waals surface area contributed by atoms with Crippen LogP contribution in [0.15, 0.2) is 35.3 Å². The third-order valence-corrected chi connectivity index (χ3v) is 2.74. The molecule has 0 spiro atoms. The molecular weight excluding hydrogens is 232 g/mol. The van der Waals surface area contributed by atoms with E-state index in [0.717, 1.165) is 11.0 Å². The highest BCUT2D eigenvalue weighted by Gasteiger charge is 2.05. The lowest BCUT2D eigenvalue weighted by Crippen LogP contribution is -2.21. The number of ether oxygens (including phenoxy) is 1. The molecule has 2 aromatic rings. The maximum Gasteiger partial charge on any atom is 0.305 e. The zero-order chi connectivity index (χ0) is 13.0. The summed E-state index contributed by atoms with van der Waals surface area (Å²) in [5.74, 6) is -0.263. The summed E-state index contributed by atoms with van der Waals surface area (Å²) in [4.78, 5) is 26.9. The second kappa shape index (κ2) is 5.44. The molecule has 0 amide bonds. The zero-order valence-corrected chi connectivity index (χ0v) is 10.1. The van der Waals surface area contributed by atoms with Crippen molar-refractivity contribution in [1.82, 2.24) is 9.55 Å². The highest BCUT2D eigenvalue weighted by molar-refractivity contribution is 5.74. The van der Waals surface area contributed by atoms with Crippen LogP contribution in [-0.2, 0) is 16.1 Å². The largest absolute Gasteiger partial charge is 0.469 e. The van der Waals surface area contributed by atoms with E-state index < -0.39 is 0 Å². The molecule has 0 unspecified atom stereocenters. The highest BCUT2D eigenvalue weighted by Crippen LogP contribution is 2.09. The summed E-state index contributed by atoms with van der Waals surface area (Å²) in [7, 11) is 1.36. The van der Waals surface area contributed by atoms with Gasteiger partial charge in [0.1, 0.15) is 0 Å². The standard InChI is InChI=1S/C13H14N2O3/c1-18-13(17)7-4-8-15-11-6-3-2-5-10(11)14-9-12(15)16/h2-3,5-6,9H,4,7-8H2,1H3. The summed E-state index contributed by atoms with van der Waals surface area (Å²) < 4.78 is 6.20. The average Bonchev–Trinajstić information content (AvgIpc) is 2.41. The van der Waals surface area contributed by atoms with Gasteiger partial charge in [-0.05, 0) is 18.6 Å². The molecule has 0 bridgehead atoms. The van der Waals surface area contributed by atoms with E-state index >= 15 is 0 Å². The van der Waals surface area contributed by atoms with Crippen LogP contribution in [-0.4, -0.2) is 22.6 Å². The van der Waals surface area contributed by atoms with Crippen LogP contribution >= 0.6 is 0 Å². The number of rotatable bonds is 4. The third-order valence-electron chi connectivity index (χ3n) is 2.74. The SMILES string of the molecule is COC(=O)CCCn1c(=O)cnc2ccccc21. The number of aryl methyl sites for hydroxylation is 1. The van der Waals surface area contributed by atoms with E-state index in [9.17, 15) is 9.59 Å². The molecule has 0 aliphatic heterocycles. The van der Waals surface area contributed by atoms with E-state index in [1.807, 2.05) is 24.3 Å². The molecule has 5 nitrogen and oxygen atoms in total. The Labute approximate surface area is 104 Å². The predicted octanol–water partition coefficient (Wildman–Crippen LogP) is 1.35. The number of esters is 1. The summed E-state index contributed by atoms with van der Waals surface area (Å²) in [6.45, 7) is 0.483. The van der Waals surface area contributed by atoms with Crippen LogP contribution in [0, 0.1) is 0 Å². The van der Waals surface area contributed by atoms with Gasteiger partial charge in [0.2, 0.25) is 0 Å². The Morgan fingerprint density at radius 1 is 1.39 bits per heavy atom. The maximum absolute atomic E-state index is 11.8. The van der Waals surface area contributed by atoms with E-state index in [0.29, 0.717) is 19.4 Å². The van der Waals surface area contributed by atoms with E-state index in [1.54, 1.807) is 4.57 Å². The van der Waals surface area contributed by atoms with Gasteiger partial charge in [-0.25, -0.2) is 4.98 Å². The van der Waals surface area contributed by atoms with Crippen molar-refractivity contribution in [2.24, 2.45) is 0 Å². The average molecular weight is 246 g/mol. The van der Waals surface area contributed by atoms with Crippen molar-refractivity contribution in [2.45, 2.75) is 19.4 Å². The van der Waals surface area contributed by atoms with Crippen LogP contribution in [0.3, 0.4) is 0 Å². The second-order valence-corrected chi connectivity index (χ2v) is 3.92. The lowest BCUT2D eigenvalue weighted by Gasteiger charge is -2.08. The summed E-state index contributed by atoms with van der Waals surface area (Å²) in [5.41, 5.74) is 1.41. The Morgan fingerprint density at radius 3 is 2.94 bits per heavy atom. The molecule has 1 aromatic carbocycles. The molecule has 0 N–H and O–H groups in total. The molecule has 1 heterocycles. The molecule has 0 aliphatic rings. The topological polar surface area (TPSA) is 61.2 Å². The van der Waals surface area contributed by atoms with Crippen molar-refractivity contribution in [1.29, 1.82) is 0 Å². The van der Waals surface area contributed by atoms with E-state index in [4.69, 9.17) is 0 Å². The minimum atomic E-state index is -0.263. The van der Waals surface area contributed by atoms with Gasteiger partial charge in [0.25, 0.3) is 5.56 Å². The smallest absolute Gasteiger partial charge is 0.305 e. The van der Waals surface area contributed by atoms with Gasteiger partial charge in [0.05, 0.1) is 24.3 Å². The number of para-hydroxylation sites is 2. The number of hydrogen-bond acceptors (Lipinski definition) is 4. The normalized spacial score (nSPS) is 10.5. The molecule has 0 fully saturated rings. The second-order valence-electron chi connectivity index (χ2n) is 3.92. The van der Waals surface area contributed by atoms with Gasteiger partial charge in [0.15, 0.2) is 0 Å². The molecule has 0 saturated heterocycles. The van der Waals surface area contributed by atoms with Gasteiger partial charge >= 0.3 is 5.97 Å². The summed E-state index contributed by atoms with van der Waals surface area (Å²) in [5, 5.41) is 0. The first-order chi connectivity index (χ1) is 8.72. The van der Waals surface area contributed by atoms with E-state index in [2.05, 4.69) is 9.72 Å². The van der Waals surface area contributed by atoms with Gasteiger partial charge in [-0.15, -0.1) is 0 Å². The number of benzene rings is 1. The van der Waals surface area contributed by atoms with Gasteiger partial charge in [0, 0.05) is 13.0 Å². The predicted molar refractivity (Wildman–Crippen MR) is 67.3 cm³/mol. The monoisotopic (exact) mass is 246 g/mol. The number of aromatic nitrogens is 2. The summed E-state index contributed by atoms with van der Waals surface area (Å²) in [6.07, 6.45) is 2.18. The van der Waals surface area contributed by atoms with Crippen molar-refractivity contribution in [3.8, 4) is 0 Å². The molecule has 0 aliphatic carbocycles. The van der Waals surface area contributed by atoms with Crippen LogP contribution in [0.1, 0.15) is 12.8 Å². The van der Waals surface area contributed by atoms with Crippen molar-refractivity contribution < 1.29 is 9.53 Å². The van der Waals surface area contributed by atoms with Crippen LogP contribution in [0.2, 0.25) is 0 Å². The molecule has 94 valence electrons. The van der Waals surface area contributed by atoms with Crippen molar-refractivity contribution >= 4 is 17.0 Å². The lowest BCUT2D eigenvalue weighted by molar-refractivity contribution is -0.140. The fourth-order valence-corrected chi connectivity index (χ4v) is 1.83. The minimum absolute atomic E-state index is 0.154. The zero-order valence-electron chi connectivity index (χ0n) is 10.1. The Balaban J connectivity index is 2.24. The molecule has 18 heavy (non-hydrogen) atoms. The van der Waals surface area contributed by atoms with Gasteiger partial charge < -0.3 is 9.30 Å². The number of methoxy groups -OCH3 is 1. The number of carbonyl (C=O) groups excluding carboxylic acids is 1. The quantitative estimate of drug-likeness (QED) is 0.764. The number of carbonyl (C=O) groups is 1. The highest BCUT2D eigenvalue weighted by atomic mass is 16.5. The molecule has 0 radical (unpaired) electrons. The number of hydrogen-bond donors (Lipinski definition) is 0. The van der Waals surface area contributed by atoms with Crippen LogP contribution in [0.25, 0.3) is 11.0 Å².